The number of rotatable bonds is 5. The molecule has 1 aliphatic carbocycles. The van der Waals surface area contributed by atoms with E-state index < -0.39 is 18.8 Å². The first-order valence-corrected chi connectivity index (χ1v) is 9.10. The summed E-state index contributed by atoms with van der Waals surface area (Å²) in [5.74, 6) is 0.169. The molecule has 0 aromatic heterocycles. The highest BCUT2D eigenvalue weighted by Gasteiger charge is 2.46. The number of carbonyl (C=O) groups is 1. The molecule has 0 fully saturated rings. The molecule has 0 saturated carbocycles. The molecule has 4 nitrogen and oxygen atoms in total. The van der Waals surface area contributed by atoms with Crippen molar-refractivity contribution in [2.75, 3.05) is 7.11 Å². The summed E-state index contributed by atoms with van der Waals surface area (Å²) in [7, 11) is 1.36. The quantitative estimate of drug-likeness (QED) is 0.757. The first-order valence-electron chi connectivity index (χ1n) is 11.6. The number of hydrogen-bond acceptors (Lipinski definition) is 4. The number of methoxy groups -OCH3 is 1. The number of fused-ring (bicyclic) bond motifs is 3. The van der Waals surface area contributed by atoms with Gasteiger partial charge in [-0.3, -0.25) is 0 Å². The summed E-state index contributed by atoms with van der Waals surface area (Å²) in [5.41, 5.74) is 1.49. The molecule has 142 valence electrons. The minimum absolute atomic E-state index is 0.0687. The average Bonchev–Trinajstić information content (AvgIpc) is 2.65. The summed E-state index contributed by atoms with van der Waals surface area (Å²) >= 11 is 0. The van der Waals surface area contributed by atoms with Crippen molar-refractivity contribution < 1.29 is 26.2 Å². The lowest BCUT2D eigenvalue weighted by Gasteiger charge is -2.46. The van der Waals surface area contributed by atoms with Crippen molar-refractivity contribution in [1.29, 1.82) is 0 Å². The number of phenolic OH excluding ortho intramolecular Hbond substituents is 1. The predicted octanol–water partition coefficient (Wildman–Crippen LogP) is 4.89. The van der Waals surface area contributed by atoms with E-state index in [1.165, 1.54) is 7.11 Å². The van der Waals surface area contributed by atoms with Gasteiger partial charge < -0.3 is 14.6 Å². The summed E-state index contributed by atoms with van der Waals surface area (Å²) in [6, 6.07) is 3.46. The van der Waals surface area contributed by atoms with Crippen LogP contribution >= 0.6 is 0 Å². The van der Waals surface area contributed by atoms with E-state index in [1.807, 2.05) is 26.0 Å². The highest BCUT2D eigenvalue weighted by atomic mass is 16.5. The van der Waals surface area contributed by atoms with Crippen LogP contribution in [0, 0.1) is 5.92 Å². The fourth-order valence-corrected chi connectivity index (χ4v) is 4.24. The summed E-state index contributed by atoms with van der Waals surface area (Å²) in [6.07, 6.45) is 1.59. The smallest absolute Gasteiger partial charge is 0.333 e. The van der Waals surface area contributed by atoms with Crippen LogP contribution in [0.15, 0.2) is 23.8 Å². The minimum Gasteiger partial charge on any atom is -0.507 e. The van der Waals surface area contributed by atoms with Crippen LogP contribution in [0.3, 0.4) is 0 Å². The topological polar surface area (TPSA) is 55.8 Å². The summed E-state index contributed by atoms with van der Waals surface area (Å²) in [4.78, 5) is 12.1. The molecule has 1 aromatic rings. The standard InChI is InChI=1S/C22H30O4/c1-5-6-7-8-14-11-18(23)20-16-13-15(21(24)25-4)9-10-17(16)22(2,3)26-19(20)12-14/h11-13,16-17,23H,5-10H2,1-4H3/t16-,17-/m1/s1/i1D3,5D2. The van der Waals surface area contributed by atoms with E-state index in [-0.39, 0.29) is 30.0 Å². The number of hydrogen-bond donors (Lipinski definition) is 1. The van der Waals surface area contributed by atoms with Gasteiger partial charge in [-0.05, 0) is 57.2 Å². The van der Waals surface area contributed by atoms with Gasteiger partial charge in [-0.2, -0.15) is 0 Å². The number of aromatic hydroxyl groups is 1. The summed E-state index contributed by atoms with van der Waals surface area (Å²) in [6.45, 7) is 1.33. The monoisotopic (exact) mass is 363 g/mol. The molecule has 0 bridgehead atoms. The Hall–Kier alpha value is -1.97. The lowest BCUT2D eigenvalue weighted by molar-refractivity contribution is -0.136. The molecule has 2 atom stereocenters. The molecule has 1 heterocycles. The van der Waals surface area contributed by atoms with Crippen LogP contribution in [0.2, 0.25) is 0 Å². The fraction of sp³-hybridized carbons (Fsp3) is 0.591. The summed E-state index contributed by atoms with van der Waals surface area (Å²) < 4.78 is 48.6. The van der Waals surface area contributed by atoms with Crippen molar-refractivity contribution in [2.45, 2.75) is 70.7 Å². The van der Waals surface area contributed by atoms with E-state index in [0.29, 0.717) is 36.1 Å². The van der Waals surface area contributed by atoms with Gasteiger partial charge in [0.2, 0.25) is 0 Å². The molecule has 26 heavy (non-hydrogen) atoms. The maximum absolute atomic E-state index is 12.1. The van der Waals surface area contributed by atoms with E-state index in [0.717, 1.165) is 12.0 Å². The zero-order valence-corrected chi connectivity index (χ0v) is 15.6. The van der Waals surface area contributed by atoms with Gasteiger partial charge in [-0.1, -0.05) is 25.7 Å². The van der Waals surface area contributed by atoms with Crippen LogP contribution in [-0.4, -0.2) is 23.8 Å². The Labute approximate surface area is 163 Å². The van der Waals surface area contributed by atoms with Gasteiger partial charge in [-0.25, -0.2) is 4.79 Å². The molecule has 0 amide bonds. The molecule has 1 aromatic carbocycles. The molecule has 0 saturated heterocycles. The fourth-order valence-electron chi connectivity index (χ4n) is 4.24. The van der Waals surface area contributed by atoms with Crippen molar-refractivity contribution in [3.63, 3.8) is 0 Å². The molecule has 0 unspecified atom stereocenters. The molecular weight excluding hydrogens is 328 g/mol. The molecule has 0 spiro atoms. The van der Waals surface area contributed by atoms with E-state index in [9.17, 15) is 9.90 Å². The molecule has 1 aliphatic heterocycles. The predicted molar refractivity (Wildman–Crippen MR) is 102 cm³/mol. The Bertz CT molecular complexity index is 889. The van der Waals surface area contributed by atoms with Gasteiger partial charge in [0.1, 0.15) is 17.1 Å². The van der Waals surface area contributed by atoms with Crippen LogP contribution in [0.4, 0.5) is 0 Å². The van der Waals surface area contributed by atoms with Crippen LogP contribution in [0.25, 0.3) is 0 Å². The molecule has 2 aliphatic rings. The first kappa shape index (κ1) is 13.2. The number of carbonyl (C=O) groups excluding carboxylic acids is 1. The number of esters is 1. The largest absolute Gasteiger partial charge is 0.507 e. The number of benzene rings is 1. The van der Waals surface area contributed by atoms with Crippen molar-refractivity contribution in [3.8, 4) is 11.5 Å². The normalized spacial score (nSPS) is 27.2. The Kier molecular flexibility index (Phi) is 3.74. The van der Waals surface area contributed by atoms with Gasteiger partial charge in [0.25, 0.3) is 0 Å². The van der Waals surface area contributed by atoms with Gasteiger partial charge in [0, 0.05) is 29.8 Å². The number of allylic oxidation sites excluding steroid dienone is 1. The van der Waals surface area contributed by atoms with Crippen molar-refractivity contribution in [1.82, 2.24) is 0 Å². The van der Waals surface area contributed by atoms with Crippen LogP contribution in [-0.2, 0) is 16.0 Å². The van der Waals surface area contributed by atoms with E-state index in [2.05, 4.69) is 0 Å². The maximum Gasteiger partial charge on any atom is 0.333 e. The van der Waals surface area contributed by atoms with Gasteiger partial charge in [0.15, 0.2) is 0 Å². The molecule has 4 heteroatoms. The average molecular weight is 364 g/mol. The SMILES string of the molecule is [2H]C([2H])([2H])C([2H])([2H])CCCc1cc(O)c2c(c1)OC(C)(C)[C@@H]1CCC(C(=O)OC)=C[C@@H]21. The second-order valence-electron chi connectivity index (χ2n) is 7.62. The van der Waals surface area contributed by atoms with Crippen molar-refractivity contribution in [2.24, 2.45) is 5.92 Å². The highest BCUT2D eigenvalue weighted by Crippen LogP contribution is 2.53. The van der Waals surface area contributed by atoms with Gasteiger partial charge in [0.05, 0.1) is 7.11 Å². The number of aryl methyl sites for hydroxylation is 1. The molecule has 1 N–H and O–H groups in total. The second kappa shape index (κ2) is 7.34. The van der Waals surface area contributed by atoms with Crippen LogP contribution in [0.5, 0.6) is 11.5 Å². The molecule has 3 rings (SSSR count). The Morgan fingerprint density at radius 2 is 2.27 bits per heavy atom. The zero-order valence-electron chi connectivity index (χ0n) is 20.6. The molecular formula is C22H30O4. The lowest BCUT2D eigenvalue weighted by atomic mass is 9.67. The maximum atomic E-state index is 12.1. The Balaban J connectivity index is 1.88. The van der Waals surface area contributed by atoms with E-state index in [4.69, 9.17) is 16.3 Å². The van der Waals surface area contributed by atoms with Gasteiger partial charge >= 0.3 is 5.97 Å². The Morgan fingerprint density at radius 1 is 1.46 bits per heavy atom. The first-order chi connectivity index (χ1) is 14.3. The van der Waals surface area contributed by atoms with Crippen molar-refractivity contribution >= 4 is 5.97 Å². The molecule has 0 radical (unpaired) electrons. The van der Waals surface area contributed by atoms with E-state index >= 15 is 0 Å². The van der Waals surface area contributed by atoms with Crippen LogP contribution < -0.4 is 4.74 Å². The number of phenols is 1. The van der Waals surface area contributed by atoms with Gasteiger partial charge in [-0.15, -0.1) is 0 Å². The third kappa shape index (κ3) is 3.46. The van der Waals surface area contributed by atoms with E-state index in [1.54, 1.807) is 6.07 Å². The Morgan fingerprint density at radius 3 is 3.00 bits per heavy atom. The zero-order chi connectivity index (χ0) is 23.2. The summed E-state index contributed by atoms with van der Waals surface area (Å²) in [5, 5.41) is 10.8. The minimum atomic E-state index is -2.67. The van der Waals surface area contributed by atoms with Crippen molar-refractivity contribution in [3.05, 3.63) is 34.9 Å². The lowest BCUT2D eigenvalue weighted by Crippen LogP contribution is -2.45. The second-order valence-corrected chi connectivity index (χ2v) is 7.62. The third-order valence-corrected chi connectivity index (χ3v) is 5.53. The third-order valence-electron chi connectivity index (χ3n) is 5.53. The highest BCUT2D eigenvalue weighted by molar-refractivity contribution is 5.88. The van der Waals surface area contributed by atoms with Crippen LogP contribution in [0.1, 0.15) is 76.7 Å². The number of ether oxygens (including phenoxy) is 2.